The minimum Gasteiger partial charge on any atom is -0.497 e. The van der Waals surface area contributed by atoms with Gasteiger partial charge in [-0.1, -0.05) is 11.6 Å². The lowest BCUT2D eigenvalue weighted by Crippen LogP contribution is -1.92. The molecule has 0 atom stereocenters. The van der Waals surface area contributed by atoms with Crippen molar-refractivity contribution in [2.24, 2.45) is 0 Å². The Bertz CT molecular complexity index is 545. The normalized spacial score (nSPS) is 10.5. The molecule has 0 fully saturated rings. The fraction of sp³-hybridized carbons (Fsp3) is 0.182. The first kappa shape index (κ1) is 11.7. The molecule has 0 saturated carbocycles. The summed E-state index contributed by atoms with van der Waals surface area (Å²) in [7, 11) is 3.21. The van der Waals surface area contributed by atoms with E-state index in [2.05, 4.69) is 27.6 Å². The second-order valence-electron chi connectivity index (χ2n) is 3.14. The molecule has 0 N–H and O–H groups in total. The van der Waals surface area contributed by atoms with Gasteiger partial charge in [0.25, 0.3) is 0 Å². The van der Waals surface area contributed by atoms with Gasteiger partial charge in [0.05, 0.1) is 33.7 Å². The largest absolute Gasteiger partial charge is 0.497 e. The number of pyridine rings is 1. The first-order chi connectivity index (χ1) is 7.67. The smallest absolute Gasteiger partial charge is 0.133 e. The Morgan fingerprint density at radius 2 is 2.00 bits per heavy atom. The van der Waals surface area contributed by atoms with Crippen LogP contribution in [0.5, 0.6) is 11.5 Å². The van der Waals surface area contributed by atoms with Gasteiger partial charge in [-0.05, 0) is 22.6 Å². The van der Waals surface area contributed by atoms with Gasteiger partial charge in [0, 0.05) is 18.3 Å². The van der Waals surface area contributed by atoms with Gasteiger partial charge >= 0.3 is 0 Å². The highest BCUT2D eigenvalue weighted by molar-refractivity contribution is 14.1. The maximum Gasteiger partial charge on any atom is 0.133 e. The summed E-state index contributed by atoms with van der Waals surface area (Å²) < 4.78 is 11.4. The zero-order chi connectivity index (χ0) is 11.7. The summed E-state index contributed by atoms with van der Waals surface area (Å²) in [5, 5.41) is 1.47. The van der Waals surface area contributed by atoms with Gasteiger partial charge in [-0.15, -0.1) is 0 Å². The number of ether oxygens (including phenoxy) is 2. The van der Waals surface area contributed by atoms with Crippen LogP contribution < -0.4 is 9.47 Å². The summed E-state index contributed by atoms with van der Waals surface area (Å²) in [5.41, 5.74) is 0.765. The van der Waals surface area contributed by atoms with Crippen LogP contribution in [0.15, 0.2) is 18.3 Å². The highest BCUT2D eigenvalue weighted by atomic mass is 127. The SMILES string of the molecule is COc1cc(OC)c2c(Cl)c(I)cnc2c1. The number of hydrogen-bond donors (Lipinski definition) is 0. The molecule has 0 bridgehead atoms. The van der Waals surface area contributed by atoms with Crippen LogP contribution in [0.4, 0.5) is 0 Å². The van der Waals surface area contributed by atoms with E-state index >= 15 is 0 Å². The predicted molar refractivity (Wildman–Crippen MR) is 72.6 cm³/mol. The summed E-state index contributed by atoms with van der Waals surface area (Å²) in [6.45, 7) is 0. The molecular weight excluding hydrogens is 340 g/mol. The number of hydrogen-bond acceptors (Lipinski definition) is 3. The zero-order valence-electron chi connectivity index (χ0n) is 8.75. The molecule has 0 aliphatic heterocycles. The van der Waals surface area contributed by atoms with Crippen LogP contribution in [0.2, 0.25) is 5.02 Å². The molecular formula is C11H9ClINO2. The van der Waals surface area contributed by atoms with Crippen molar-refractivity contribution in [3.8, 4) is 11.5 Å². The topological polar surface area (TPSA) is 31.4 Å². The maximum atomic E-state index is 6.24. The summed E-state index contributed by atoms with van der Waals surface area (Å²) in [6, 6.07) is 3.63. The first-order valence-electron chi connectivity index (χ1n) is 4.53. The molecule has 0 aliphatic carbocycles. The molecule has 0 amide bonds. The summed E-state index contributed by atoms with van der Waals surface area (Å²) >= 11 is 8.38. The molecule has 0 saturated heterocycles. The number of fused-ring (bicyclic) bond motifs is 1. The predicted octanol–water partition coefficient (Wildman–Crippen LogP) is 3.51. The lowest BCUT2D eigenvalue weighted by molar-refractivity contribution is 0.398. The molecule has 16 heavy (non-hydrogen) atoms. The monoisotopic (exact) mass is 349 g/mol. The first-order valence-corrected chi connectivity index (χ1v) is 5.98. The molecule has 0 aliphatic rings. The van der Waals surface area contributed by atoms with Gasteiger partial charge < -0.3 is 9.47 Å². The summed E-state index contributed by atoms with van der Waals surface area (Å²) in [4.78, 5) is 4.31. The molecule has 0 spiro atoms. The average Bonchev–Trinajstić information content (AvgIpc) is 2.32. The minimum atomic E-state index is 0.658. The Labute approximate surface area is 112 Å². The molecule has 1 heterocycles. The molecule has 84 valence electrons. The molecule has 3 nitrogen and oxygen atoms in total. The third kappa shape index (κ3) is 1.91. The zero-order valence-corrected chi connectivity index (χ0v) is 11.7. The van der Waals surface area contributed by atoms with E-state index in [0.717, 1.165) is 14.5 Å². The van der Waals surface area contributed by atoms with Crippen molar-refractivity contribution in [1.29, 1.82) is 0 Å². The highest BCUT2D eigenvalue weighted by Crippen LogP contribution is 2.36. The fourth-order valence-corrected chi connectivity index (χ4v) is 2.13. The van der Waals surface area contributed by atoms with E-state index < -0.39 is 0 Å². The number of benzene rings is 1. The maximum absolute atomic E-state index is 6.24. The van der Waals surface area contributed by atoms with E-state index in [4.69, 9.17) is 21.1 Å². The van der Waals surface area contributed by atoms with Gasteiger partial charge in [0.15, 0.2) is 0 Å². The third-order valence-corrected chi connectivity index (χ3v) is 3.79. The van der Waals surface area contributed by atoms with Crippen LogP contribution in [0.3, 0.4) is 0 Å². The number of rotatable bonds is 2. The second-order valence-corrected chi connectivity index (χ2v) is 4.68. The number of methoxy groups -OCH3 is 2. The third-order valence-electron chi connectivity index (χ3n) is 2.26. The number of nitrogens with zero attached hydrogens (tertiary/aromatic N) is 1. The fourth-order valence-electron chi connectivity index (χ4n) is 1.48. The minimum absolute atomic E-state index is 0.658. The Morgan fingerprint density at radius 1 is 1.25 bits per heavy atom. The van der Waals surface area contributed by atoms with Crippen LogP contribution >= 0.6 is 34.2 Å². The van der Waals surface area contributed by atoms with Gasteiger partial charge in [-0.2, -0.15) is 0 Å². The Kier molecular flexibility index (Phi) is 3.39. The second kappa shape index (κ2) is 4.63. The van der Waals surface area contributed by atoms with Crippen LogP contribution in [-0.2, 0) is 0 Å². The van der Waals surface area contributed by atoms with E-state index in [1.165, 1.54) is 0 Å². The van der Waals surface area contributed by atoms with Gasteiger partial charge in [-0.3, -0.25) is 4.98 Å². The lowest BCUT2D eigenvalue weighted by atomic mass is 10.2. The molecule has 1 aromatic heterocycles. The van der Waals surface area contributed by atoms with Crippen molar-refractivity contribution in [3.05, 3.63) is 26.9 Å². The molecule has 5 heteroatoms. The number of halogens is 2. The molecule has 1 aromatic carbocycles. The van der Waals surface area contributed by atoms with Crippen molar-refractivity contribution in [2.45, 2.75) is 0 Å². The Morgan fingerprint density at radius 3 is 2.62 bits per heavy atom. The van der Waals surface area contributed by atoms with Crippen molar-refractivity contribution >= 4 is 45.1 Å². The van der Waals surface area contributed by atoms with Crippen LogP contribution in [0.1, 0.15) is 0 Å². The molecule has 2 aromatic rings. The Hall–Kier alpha value is -0.750. The molecule has 0 radical (unpaired) electrons. The van der Waals surface area contributed by atoms with E-state index in [1.54, 1.807) is 26.5 Å². The van der Waals surface area contributed by atoms with Crippen LogP contribution in [0, 0.1) is 3.57 Å². The van der Waals surface area contributed by atoms with Crippen molar-refractivity contribution in [3.63, 3.8) is 0 Å². The van der Waals surface area contributed by atoms with Crippen LogP contribution in [-0.4, -0.2) is 19.2 Å². The lowest BCUT2D eigenvalue weighted by Gasteiger charge is -2.10. The van der Waals surface area contributed by atoms with Crippen molar-refractivity contribution in [1.82, 2.24) is 4.98 Å². The van der Waals surface area contributed by atoms with Crippen molar-refractivity contribution < 1.29 is 9.47 Å². The van der Waals surface area contributed by atoms with Crippen molar-refractivity contribution in [2.75, 3.05) is 14.2 Å². The quantitative estimate of drug-likeness (QED) is 0.778. The van der Waals surface area contributed by atoms with E-state index in [0.29, 0.717) is 16.5 Å². The van der Waals surface area contributed by atoms with Gasteiger partial charge in [0.1, 0.15) is 11.5 Å². The molecule has 0 unspecified atom stereocenters. The summed E-state index contributed by atoms with van der Waals surface area (Å²) in [5.74, 6) is 1.37. The average molecular weight is 350 g/mol. The van der Waals surface area contributed by atoms with E-state index in [9.17, 15) is 0 Å². The Balaban J connectivity index is 2.84. The van der Waals surface area contributed by atoms with E-state index in [1.807, 2.05) is 6.07 Å². The standard InChI is InChI=1S/C11H9ClINO2/c1-15-6-3-8-10(9(4-6)16-2)11(12)7(13)5-14-8/h3-5H,1-2H3. The van der Waals surface area contributed by atoms with Gasteiger partial charge in [-0.25, -0.2) is 0 Å². The highest BCUT2D eigenvalue weighted by Gasteiger charge is 2.12. The van der Waals surface area contributed by atoms with E-state index in [-0.39, 0.29) is 0 Å². The van der Waals surface area contributed by atoms with Crippen LogP contribution in [0.25, 0.3) is 10.9 Å². The van der Waals surface area contributed by atoms with Gasteiger partial charge in [0.2, 0.25) is 0 Å². The molecule has 2 rings (SSSR count). The summed E-state index contributed by atoms with van der Waals surface area (Å²) in [6.07, 6.45) is 1.73. The number of aromatic nitrogens is 1.